The number of amides is 3. The average Bonchev–Trinajstić information content (AvgIpc) is 3.33. The first-order valence-corrected chi connectivity index (χ1v) is 11.1. The Kier molecular flexibility index (Phi) is 6.32. The van der Waals surface area contributed by atoms with Crippen molar-refractivity contribution in [3.8, 4) is 5.75 Å². The Morgan fingerprint density at radius 3 is 2.18 bits per heavy atom. The lowest BCUT2D eigenvalue weighted by Crippen LogP contribution is -2.29. The minimum absolute atomic E-state index is 0.0617. The standard InChI is InChI=1S/C13H11F3N4O4S.C2H2N2O3S/c14-13(15,16)11-3-4-19(17-11)6-8-1-2-9(10(21)5-8)20-7-12(22)18-25(20,23)24;5-1-2(6)4-8(7)3-1/h1-5,21H,6-7H2,(H,18,22);(H,3,5)(H,4,6). The van der Waals surface area contributed by atoms with E-state index in [1.165, 1.54) is 18.2 Å². The van der Waals surface area contributed by atoms with Crippen LogP contribution in [-0.2, 0) is 48.5 Å². The number of benzene rings is 1. The van der Waals surface area contributed by atoms with Crippen LogP contribution >= 0.6 is 0 Å². The van der Waals surface area contributed by atoms with Crippen molar-refractivity contribution in [2.24, 2.45) is 0 Å². The van der Waals surface area contributed by atoms with Gasteiger partial charge in [0.1, 0.15) is 12.3 Å². The van der Waals surface area contributed by atoms with Crippen LogP contribution in [0.2, 0.25) is 0 Å². The first kappa shape index (κ1) is 24.0. The Hall–Kier alpha value is -3.67. The first-order chi connectivity index (χ1) is 15.3. The zero-order valence-corrected chi connectivity index (χ0v) is 17.6. The van der Waals surface area contributed by atoms with Gasteiger partial charge < -0.3 is 5.11 Å². The Bertz CT molecular complexity index is 1240. The van der Waals surface area contributed by atoms with Gasteiger partial charge in [0, 0.05) is 6.20 Å². The Balaban J connectivity index is 0.000000323. The molecule has 0 radical (unpaired) electrons. The highest BCUT2D eigenvalue weighted by molar-refractivity contribution is 7.92. The maximum Gasteiger partial charge on any atom is 0.435 e. The fraction of sp³-hybridized carbons (Fsp3) is 0.200. The number of aromatic nitrogens is 2. The number of rotatable bonds is 3. The van der Waals surface area contributed by atoms with Crippen LogP contribution in [0.5, 0.6) is 5.75 Å². The third kappa shape index (κ3) is 5.58. The van der Waals surface area contributed by atoms with Crippen molar-refractivity contribution in [2.75, 3.05) is 10.8 Å². The number of anilines is 1. The Morgan fingerprint density at radius 2 is 1.76 bits per heavy atom. The summed E-state index contributed by atoms with van der Waals surface area (Å²) in [6, 6.07) is 4.70. The van der Waals surface area contributed by atoms with Gasteiger partial charge in [-0.2, -0.15) is 26.7 Å². The number of aromatic hydroxyl groups is 1. The van der Waals surface area contributed by atoms with E-state index < -0.39 is 63.3 Å². The molecule has 2 aliphatic rings. The largest absolute Gasteiger partial charge is 0.506 e. The second-order valence-corrected chi connectivity index (χ2v) is 8.93. The molecule has 3 amide bonds. The highest BCUT2D eigenvalue weighted by Gasteiger charge is 2.36. The third-order valence-electron chi connectivity index (χ3n) is 3.98. The van der Waals surface area contributed by atoms with Crippen LogP contribution in [0.15, 0.2) is 30.5 Å². The number of alkyl halides is 3. The van der Waals surface area contributed by atoms with Gasteiger partial charge in [-0.3, -0.25) is 19.1 Å². The van der Waals surface area contributed by atoms with Gasteiger partial charge in [-0.15, -0.1) is 0 Å². The Labute approximate surface area is 185 Å². The van der Waals surface area contributed by atoms with Crippen LogP contribution in [-0.4, -0.2) is 51.8 Å². The van der Waals surface area contributed by atoms with E-state index in [4.69, 9.17) is 0 Å². The number of hydrogen-bond acceptors (Lipinski definition) is 8. The number of carbonyl (C=O) groups is 3. The number of nitrogens with zero attached hydrogens (tertiary/aromatic N) is 3. The summed E-state index contributed by atoms with van der Waals surface area (Å²) in [7, 11) is -4.07. The number of hydrogen-bond donors (Lipinski definition) is 4. The molecule has 178 valence electrons. The molecule has 0 atom stereocenters. The molecule has 18 heteroatoms. The van der Waals surface area contributed by atoms with E-state index in [1.54, 1.807) is 4.72 Å². The van der Waals surface area contributed by atoms with Crippen LogP contribution in [0.1, 0.15) is 11.3 Å². The van der Waals surface area contributed by atoms with Gasteiger partial charge in [-0.25, -0.2) is 22.7 Å². The molecule has 0 unspecified atom stereocenters. The third-order valence-corrected chi connectivity index (χ3v) is 6.11. The average molecular weight is 510 g/mol. The molecule has 1 aromatic carbocycles. The summed E-state index contributed by atoms with van der Waals surface area (Å²) >= 11 is -1.68. The summed E-state index contributed by atoms with van der Waals surface area (Å²) in [4.78, 5) is 31.4. The smallest absolute Gasteiger partial charge is 0.435 e. The zero-order valence-electron chi connectivity index (χ0n) is 16.0. The second kappa shape index (κ2) is 8.70. The van der Waals surface area contributed by atoms with Gasteiger partial charge in [0.2, 0.25) is 11.2 Å². The van der Waals surface area contributed by atoms with Crippen LogP contribution in [0, 0.1) is 0 Å². The van der Waals surface area contributed by atoms with Crippen molar-refractivity contribution < 1.29 is 45.3 Å². The van der Waals surface area contributed by atoms with Crippen LogP contribution in [0.4, 0.5) is 18.9 Å². The van der Waals surface area contributed by atoms with E-state index in [2.05, 4.69) is 5.10 Å². The molecule has 0 aliphatic carbocycles. The molecule has 0 bridgehead atoms. The predicted molar refractivity (Wildman–Crippen MR) is 103 cm³/mol. The van der Waals surface area contributed by atoms with Crippen molar-refractivity contribution in [3.05, 3.63) is 41.7 Å². The number of halogens is 3. The van der Waals surface area contributed by atoms with Crippen molar-refractivity contribution in [1.29, 1.82) is 0 Å². The highest BCUT2D eigenvalue weighted by Crippen LogP contribution is 2.32. The van der Waals surface area contributed by atoms with E-state index in [-0.39, 0.29) is 12.2 Å². The van der Waals surface area contributed by atoms with E-state index in [1.807, 2.05) is 9.44 Å². The van der Waals surface area contributed by atoms with E-state index in [0.29, 0.717) is 9.87 Å². The lowest BCUT2D eigenvalue weighted by molar-refractivity contribution is -0.141. The molecular formula is C15H13F3N6O7S2. The fourth-order valence-electron chi connectivity index (χ4n) is 2.61. The van der Waals surface area contributed by atoms with Crippen molar-refractivity contribution in [1.82, 2.24) is 23.9 Å². The maximum atomic E-state index is 12.5. The molecule has 2 saturated heterocycles. The molecular weight excluding hydrogens is 497 g/mol. The van der Waals surface area contributed by atoms with Crippen molar-refractivity contribution >= 4 is 44.8 Å². The highest BCUT2D eigenvalue weighted by atomic mass is 32.2. The summed E-state index contributed by atoms with van der Waals surface area (Å²) in [6.07, 6.45) is -3.41. The van der Waals surface area contributed by atoms with Gasteiger partial charge in [0.15, 0.2) is 5.69 Å². The van der Waals surface area contributed by atoms with Crippen molar-refractivity contribution in [3.63, 3.8) is 0 Å². The minimum atomic E-state index is -4.55. The van der Waals surface area contributed by atoms with E-state index in [9.17, 15) is 45.3 Å². The minimum Gasteiger partial charge on any atom is -0.506 e. The number of carbonyl (C=O) groups excluding carboxylic acids is 3. The number of phenols is 1. The van der Waals surface area contributed by atoms with E-state index in [0.717, 1.165) is 16.9 Å². The molecule has 33 heavy (non-hydrogen) atoms. The number of phenolic OH excluding ortho intramolecular Hbond substituents is 1. The molecule has 4 N–H and O–H groups in total. The van der Waals surface area contributed by atoms with Crippen molar-refractivity contribution in [2.45, 2.75) is 12.7 Å². The molecule has 2 aromatic rings. The monoisotopic (exact) mass is 510 g/mol. The maximum absolute atomic E-state index is 12.5. The normalized spacial score (nSPS) is 17.8. The van der Waals surface area contributed by atoms with Gasteiger partial charge in [-0.05, 0) is 23.8 Å². The number of nitrogens with one attached hydrogen (secondary N) is 3. The van der Waals surface area contributed by atoms with Crippen LogP contribution < -0.4 is 18.5 Å². The van der Waals surface area contributed by atoms with Gasteiger partial charge >= 0.3 is 28.2 Å². The molecule has 3 heterocycles. The Morgan fingerprint density at radius 1 is 1.12 bits per heavy atom. The summed E-state index contributed by atoms with van der Waals surface area (Å²) in [5, 5.41) is 13.4. The molecule has 13 nitrogen and oxygen atoms in total. The summed E-state index contributed by atoms with van der Waals surface area (Å²) < 4.78 is 78.4. The first-order valence-electron chi connectivity index (χ1n) is 8.55. The lowest BCUT2D eigenvalue weighted by atomic mass is 10.2. The fourth-order valence-corrected chi connectivity index (χ4v) is 4.35. The van der Waals surface area contributed by atoms with E-state index >= 15 is 0 Å². The van der Waals surface area contributed by atoms with Gasteiger partial charge in [0.25, 0.3) is 5.91 Å². The SMILES string of the molecule is O=C1CN(c2ccc(Cn3ccc(C(F)(F)F)n3)cc2O)S(=O)(=O)N1.O=C1NS(=O)NC1=O. The zero-order chi connectivity index (χ0) is 24.6. The van der Waals surface area contributed by atoms with Gasteiger partial charge in [0.05, 0.1) is 12.2 Å². The van der Waals surface area contributed by atoms with Crippen LogP contribution in [0.25, 0.3) is 0 Å². The molecule has 4 rings (SSSR count). The molecule has 2 aliphatic heterocycles. The molecule has 0 spiro atoms. The molecule has 1 aromatic heterocycles. The van der Waals surface area contributed by atoms with Gasteiger partial charge in [-0.1, -0.05) is 6.07 Å². The predicted octanol–water partition coefficient (Wildman–Crippen LogP) is -1.35. The summed E-state index contributed by atoms with van der Waals surface area (Å²) in [5.41, 5.74) is -0.756. The quantitative estimate of drug-likeness (QED) is 0.366. The summed E-state index contributed by atoms with van der Waals surface area (Å²) in [5.74, 6) is -2.85. The lowest BCUT2D eigenvalue weighted by Gasteiger charge is -2.16. The summed E-state index contributed by atoms with van der Waals surface area (Å²) in [6.45, 7) is -0.531. The van der Waals surface area contributed by atoms with Crippen LogP contribution in [0.3, 0.4) is 0 Å². The molecule has 0 saturated carbocycles. The topological polar surface area (TPSA) is 180 Å². The second-order valence-electron chi connectivity index (χ2n) is 6.39. The molecule has 2 fully saturated rings.